The minimum absolute atomic E-state index is 0.0813. The van der Waals surface area contributed by atoms with Crippen molar-refractivity contribution < 1.29 is 19.1 Å². The van der Waals surface area contributed by atoms with Crippen LogP contribution in [0.4, 0.5) is 5.69 Å². The Kier molecular flexibility index (Phi) is 6.72. The van der Waals surface area contributed by atoms with Gasteiger partial charge in [-0.3, -0.25) is 9.69 Å². The smallest absolute Gasteiger partial charge is 0.338 e. The molecule has 0 saturated carbocycles. The lowest BCUT2D eigenvalue weighted by Crippen LogP contribution is -2.28. The molecule has 0 unspecified atom stereocenters. The highest BCUT2D eigenvalue weighted by molar-refractivity contribution is 8.18. The third-order valence-electron chi connectivity index (χ3n) is 4.20. The Hall–Kier alpha value is -3.06. The number of amides is 1. The number of benzene rings is 2. The van der Waals surface area contributed by atoms with Gasteiger partial charge in [-0.25, -0.2) is 9.79 Å². The fourth-order valence-corrected chi connectivity index (χ4v) is 3.81. The molecule has 1 heterocycles. The molecule has 0 spiro atoms. The van der Waals surface area contributed by atoms with Gasteiger partial charge in [-0.15, -0.1) is 0 Å². The summed E-state index contributed by atoms with van der Waals surface area (Å²) >= 11 is 1.33. The highest BCUT2D eigenvalue weighted by Gasteiger charge is 2.32. The van der Waals surface area contributed by atoms with Gasteiger partial charge in [0.05, 0.1) is 29.9 Å². The number of hydrogen-bond donors (Lipinski definition) is 0. The zero-order valence-electron chi connectivity index (χ0n) is 16.5. The lowest BCUT2D eigenvalue weighted by molar-refractivity contribution is -0.122. The molecule has 2 aromatic carbocycles. The Morgan fingerprint density at radius 3 is 2.59 bits per heavy atom. The van der Waals surface area contributed by atoms with Crippen molar-refractivity contribution in [2.75, 3.05) is 20.3 Å². The molecular weight excluding hydrogens is 388 g/mol. The molecule has 3 rings (SSSR count). The van der Waals surface area contributed by atoms with Crippen LogP contribution in [0.5, 0.6) is 5.75 Å². The summed E-state index contributed by atoms with van der Waals surface area (Å²) < 4.78 is 10.2. The number of carbonyl (C=O) groups is 2. The van der Waals surface area contributed by atoms with Gasteiger partial charge in [0.25, 0.3) is 5.91 Å². The maximum absolute atomic E-state index is 12.8. The monoisotopic (exact) mass is 410 g/mol. The Balaban J connectivity index is 1.84. The van der Waals surface area contributed by atoms with Crippen molar-refractivity contribution in [1.82, 2.24) is 4.90 Å². The Labute approximate surface area is 174 Å². The Morgan fingerprint density at radius 1 is 1.17 bits per heavy atom. The maximum Gasteiger partial charge on any atom is 0.338 e. The van der Waals surface area contributed by atoms with Gasteiger partial charge in [-0.1, -0.05) is 12.1 Å². The van der Waals surface area contributed by atoms with Gasteiger partial charge >= 0.3 is 5.97 Å². The molecular formula is C22H22N2O4S. The normalized spacial score (nSPS) is 16.5. The average molecular weight is 410 g/mol. The van der Waals surface area contributed by atoms with E-state index in [0.29, 0.717) is 34.5 Å². The van der Waals surface area contributed by atoms with Crippen LogP contribution in [-0.4, -0.2) is 42.2 Å². The summed E-state index contributed by atoms with van der Waals surface area (Å²) in [7, 11) is 1.61. The van der Waals surface area contributed by atoms with Gasteiger partial charge in [0.15, 0.2) is 5.17 Å². The van der Waals surface area contributed by atoms with Crippen molar-refractivity contribution >= 4 is 40.6 Å². The zero-order chi connectivity index (χ0) is 20.8. The number of ether oxygens (including phenoxy) is 2. The predicted octanol–water partition coefficient (Wildman–Crippen LogP) is 4.50. The summed E-state index contributed by atoms with van der Waals surface area (Å²) in [4.78, 5) is 31.4. The molecule has 29 heavy (non-hydrogen) atoms. The van der Waals surface area contributed by atoms with E-state index in [1.165, 1.54) is 11.8 Å². The number of rotatable bonds is 6. The van der Waals surface area contributed by atoms with Crippen molar-refractivity contribution in [1.29, 1.82) is 0 Å². The number of nitrogens with zero attached hydrogens (tertiary/aromatic N) is 2. The number of hydrogen-bond acceptors (Lipinski definition) is 6. The SMILES string of the molecule is CCOC(=O)c1ccc(N=C2S/C(=C/c3cccc(OC)c3)C(=O)N2CC)cc1. The number of amidine groups is 1. The van der Waals surface area contributed by atoms with E-state index in [4.69, 9.17) is 9.47 Å². The van der Waals surface area contributed by atoms with Gasteiger partial charge < -0.3 is 9.47 Å². The summed E-state index contributed by atoms with van der Waals surface area (Å²) in [5.74, 6) is 0.288. The molecule has 150 valence electrons. The highest BCUT2D eigenvalue weighted by atomic mass is 32.2. The van der Waals surface area contributed by atoms with Gasteiger partial charge in [0.1, 0.15) is 5.75 Å². The van der Waals surface area contributed by atoms with E-state index < -0.39 is 0 Å². The van der Waals surface area contributed by atoms with Crippen LogP contribution < -0.4 is 4.74 Å². The van der Waals surface area contributed by atoms with Crippen LogP contribution in [0, 0.1) is 0 Å². The molecule has 7 heteroatoms. The third kappa shape index (κ3) is 4.86. The third-order valence-corrected chi connectivity index (χ3v) is 5.21. The summed E-state index contributed by atoms with van der Waals surface area (Å²) in [6, 6.07) is 14.3. The fraction of sp³-hybridized carbons (Fsp3) is 0.227. The van der Waals surface area contributed by atoms with Crippen LogP contribution in [0.2, 0.25) is 0 Å². The van der Waals surface area contributed by atoms with Crippen LogP contribution in [0.15, 0.2) is 58.4 Å². The Bertz CT molecular complexity index is 967. The average Bonchev–Trinajstić information content (AvgIpc) is 3.02. The van der Waals surface area contributed by atoms with Crippen LogP contribution in [0.3, 0.4) is 0 Å². The van der Waals surface area contributed by atoms with Crippen molar-refractivity contribution in [3.05, 3.63) is 64.6 Å². The van der Waals surface area contributed by atoms with E-state index in [9.17, 15) is 9.59 Å². The molecule has 0 N–H and O–H groups in total. The van der Waals surface area contributed by atoms with E-state index in [0.717, 1.165) is 11.3 Å². The number of likely N-dealkylation sites (N-methyl/N-ethyl adjacent to an activating group) is 1. The summed E-state index contributed by atoms with van der Waals surface area (Å²) in [5.41, 5.74) is 2.02. The fourth-order valence-electron chi connectivity index (χ4n) is 2.75. The second-order valence-corrected chi connectivity index (χ2v) is 7.11. The van der Waals surface area contributed by atoms with Gasteiger partial charge in [0.2, 0.25) is 0 Å². The maximum atomic E-state index is 12.8. The van der Waals surface area contributed by atoms with E-state index >= 15 is 0 Å². The van der Waals surface area contributed by atoms with E-state index in [2.05, 4.69) is 4.99 Å². The summed E-state index contributed by atoms with van der Waals surface area (Å²) in [5, 5.41) is 0.607. The minimum Gasteiger partial charge on any atom is -0.497 e. The van der Waals surface area contributed by atoms with Gasteiger partial charge in [-0.05, 0) is 73.6 Å². The molecule has 0 aromatic heterocycles. The molecule has 1 fully saturated rings. The van der Waals surface area contributed by atoms with Crippen molar-refractivity contribution in [3.8, 4) is 5.75 Å². The number of carbonyl (C=O) groups excluding carboxylic acids is 2. The summed E-state index contributed by atoms with van der Waals surface area (Å²) in [6.07, 6.45) is 1.84. The van der Waals surface area contributed by atoms with E-state index in [1.54, 1.807) is 43.2 Å². The quantitative estimate of drug-likeness (QED) is 0.518. The first kappa shape index (κ1) is 20.7. The second kappa shape index (κ2) is 9.43. The Morgan fingerprint density at radius 2 is 1.93 bits per heavy atom. The standard InChI is InChI=1S/C22H22N2O4S/c1-4-24-20(25)19(14-15-7-6-8-18(13-15)27-3)29-22(24)23-17-11-9-16(10-12-17)21(26)28-5-2/h6-14H,4-5H2,1-3H3/b19-14+,23-22?. The number of esters is 1. The van der Waals surface area contributed by atoms with Crippen LogP contribution in [-0.2, 0) is 9.53 Å². The van der Waals surface area contributed by atoms with E-state index in [-0.39, 0.29) is 11.9 Å². The molecule has 1 aliphatic rings. The van der Waals surface area contributed by atoms with Crippen molar-refractivity contribution in [3.63, 3.8) is 0 Å². The van der Waals surface area contributed by atoms with Crippen LogP contribution >= 0.6 is 11.8 Å². The van der Waals surface area contributed by atoms with Gasteiger partial charge in [-0.2, -0.15) is 0 Å². The number of aliphatic imine (C=N–C) groups is 1. The minimum atomic E-state index is -0.365. The number of thioether (sulfide) groups is 1. The topological polar surface area (TPSA) is 68.2 Å². The van der Waals surface area contributed by atoms with Crippen molar-refractivity contribution in [2.45, 2.75) is 13.8 Å². The first-order valence-corrected chi connectivity index (χ1v) is 10.1. The molecule has 6 nitrogen and oxygen atoms in total. The lowest BCUT2D eigenvalue weighted by Gasteiger charge is -2.12. The summed E-state index contributed by atoms with van der Waals surface area (Å²) in [6.45, 7) is 4.52. The van der Waals surface area contributed by atoms with Crippen LogP contribution in [0.25, 0.3) is 6.08 Å². The molecule has 0 bridgehead atoms. The van der Waals surface area contributed by atoms with E-state index in [1.807, 2.05) is 37.3 Å². The first-order valence-electron chi connectivity index (χ1n) is 9.27. The largest absolute Gasteiger partial charge is 0.497 e. The van der Waals surface area contributed by atoms with Gasteiger partial charge in [0, 0.05) is 6.54 Å². The number of methoxy groups -OCH3 is 1. The molecule has 1 amide bonds. The molecule has 1 saturated heterocycles. The van der Waals surface area contributed by atoms with Crippen LogP contribution in [0.1, 0.15) is 29.8 Å². The molecule has 0 aliphatic carbocycles. The highest BCUT2D eigenvalue weighted by Crippen LogP contribution is 2.34. The van der Waals surface area contributed by atoms with Crippen molar-refractivity contribution in [2.24, 2.45) is 4.99 Å². The molecule has 0 atom stereocenters. The molecule has 1 aliphatic heterocycles. The lowest BCUT2D eigenvalue weighted by atomic mass is 10.2. The second-order valence-electron chi connectivity index (χ2n) is 6.10. The molecule has 0 radical (unpaired) electrons. The first-order chi connectivity index (χ1) is 14.0. The zero-order valence-corrected chi connectivity index (χ0v) is 17.4. The molecule has 2 aromatic rings. The predicted molar refractivity (Wildman–Crippen MR) is 115 cm³/mol.